The van der Waals surface area contributed by atoms with Gasteiger partial charge in [0.15, 0.2) is 5.92 Å². The van der Waals surface area contributed by atoms with E-state index in [9.17, 15) is 19.7 Å². The molecule has 0 aromatic rings. The van der Waals surface area contributed by atoms with E-state index in [1.165, 1.54) is 19.3 Å². The van der Waals surface area contributed by atoms with Gasteiger partial charge in [-0.1, -0.05) is 0 Å². The molecule has 4 aliphatic carbocycles. The molecule has 7 nitrogen and oxygen atoms in total. The number of hydrogen-bond donors (Lipinski definition) is 0. The first kappa shape index (κ1) is 19.1. The minimum Gasteiger partial charge on any atom is -0.465 e. The fourth-order valence-corrected chi connectivity index (χ4v) is 6.33. The molecule has 26 heavy (non-hydrogen) atoms. The maximum absolute atomic E-state index is 12.6. The highest BCUT2D eigenvalue weighted by atomic mass is 16.6. The molecule has 146 valence electrons. The Morgan fingerprint density at radius 3 is 1.77 bits per heavy atom. The lowest BCUT2D eigenvalue weighted by Gasteiger charge is -2.59. The van der Waals surface area contributed by atoms with E-state index >= 15 is 0 Å². The van der Waals surface area contributed by atoms with Gasteiger partial charge >= 0.3 is 11.9 Å². The number of rotatable bonds is 8. The molecule has 0 radical (unpaired) electrons. The summed E-state index contributed by atoms with van der Waals surface area (Å²) in [5, 5.41) is 11.5. The Bertz CT molecular complexity index is 521. The lowest BCUT2D eigenvalue weighted by atomic mass is 9.45. The molecule has 0 heterocycles. The zero-order chi connectivity index (χ0) is 18.9. The topological polar surface area (TPSA) is 95.7 Å². The van der Waals surface area contributed by atoms with Crippen LogP contribution in [0.2, 0.25) is 0 Å². The second kappa shape index (κ2) is 7.53. The number of carbonyl (C=O) groups is 2. The molecule has 0 N–H and O–H groups in total. The average Bonchev–Trinajstić information content (AvgIpc) is 2.53. The van der Waals surface area contributed by atoms with Crippen LogP contribution >= 0.6 is 0 Å². The van der Waals surface area contributed by atoms with Crippen molar-refractivity contribution in [1.82, 2.24) is 0 Å². The van der Waals surface area contributed by atoms with E-state index in [0.29, 0.717) is 17.8 Å². The zero-order valence-electron chi connectivity index (χ0n) is 15.6. The summed E-state index contributed by atoms with van der Waals surface area (Å²) in [5.41, 5.74) is -0.313. The number of carbonyl (C=O) groups excluding carboxylic acids is 2. The summed E-state index contributed by atoms with van der Waals surface area (Å²) in [5.74, 6) is -1.48. The van der Waals surface area contributed by atoms with Crippen LogP contribution < -0.4 is 0 Å². The van der Waals surface area contributed by atoms with Crippen LogP contribution in [0.15, 0.2) is 0 Å². The highest BCUT2D eigenvalue weighted by molar-refractivity contribution is 5.95. The monoisotopic (exact) mass is 367 g/mol. The fourth-order valence-electron chi connectivity index (χ4n) is 6.33. The Kier molecular flexibility index (Phi) is 5.53. The van der Waals surface area contributed by atoms with Gasteiger partial charge < -0.3 is 9.47 Å². The first-order valence-corrected chi connectivity index (χ1v) is 9.83. The molecule has 4 aliphatic rings. The third-order valence-corrected chi connectivity index (χ3v) is 6.70. The summed E-state index contributed by atoms with van der Waals surface area (Å²) in [7, 11) is 0. The molecule has 4 bridgehead atoms. The highest BCUT2D eigenvalue weighted by Crippen LogP contribution is 2.63. The van der Waals surface area contributed by atoms with Crippen LogP contribution in [-0.4, -0.2) is 36.6 Å². The molecule has 4 rings (SSSR count). The van der Waals surface area contributed by atoms with Crippen LogP contribution in [0.4, 0.5) is 0 Å². The lowest BCUT2D eigenvalue weighted by molar-refractivity contribution is -0.495. The fraction of sp³-hybridized carbons (Fsp3) is 0.895. The van der Waals surface area contributed by atoms with Crippen LogP contribution in [0.3, 0.4) is 0 Å². The summed E-state index contributed by atoms with van der Waals surface area (Å²) >= 11 is 0. The van der Waals surface area contributed by atoms with Gasteiger partial charge in [-0.25, -0.2) is 0 Å². The second-order valence-corrected chi connectivity index (χ2v) is 8.38. The van der Waals surface area contributed by atoms with Crippen LogP contribution in [0.1, 0.15) is 52.4 Å². The quantitative estimate of drug-likeness (QED) is 0.283. The predicted molar refractivity (Wildman–Crippen MR) is 92.7 cm³/mol. The van der Waals surface area contributed by atoms with Crippen LogP contribution in [0.5, 0.6) is 0 Å². The van der Waals surface area contributed by atoms with Crippen molar-refractivity contribution in [1.29, 1.82) is 0 Å². The van der Waals surface area contributed by atoms with Gasteiger partial charge in [0.1, 0.15) is 0 Å². The van der Waals surface area contributed by atoms with Gasteiger partial charge in [-0.2, -0.15) is 0 Å². The molecule has 0 spiro atoms. The Labute approximate surface area is 153 Å². The predicted octanol–water partition coefficient (Wildman–Crippen LogP) is 2.84. The Morgan fingerprint density at radius 2 is 1.42 bits per heavy atom. The van der Waals surface area contributed by atoms with Gasteiger partial charge in [-0.15, -0.1) is 0 Å². The van der Waals surface area contributed by atoms with E-state index in [-0.39, 0.29) is 30.1 Å². The van der Waals surface area contributed by atoms with E-state index in [0.717, 1.165) is 19.3 Å². The van der Waals surface area contributed by atoms with E-state index in [1.807, 2.05) is 0 Å². The van der Waals surface area contributed by atoms with Crippen molar-refractivity contribution in [2.75, 3.05) is 19.8 Å². The molecule has 0 aromatic heterocycles. The van der Waals surface area contributed by atoms with Crippen molar-refractivity contribution in [3.8, 4) is 0 Å². The van der Waals surface area contributed by atoms with Gasteiger partial charge in [0.05, 0.1) is 19.1 Å². The van der Waals surface area contributed by atoms with E-state index in [2.05, 4.69) is 0 Å². The van der Waals surface area contributed by atoms with Crippen LogP contribution in [0, 0.1) is 45.1 Å². The second-order valence-electron chi connectivity index (χ2n) is 8.38. The summed E-state index contributed by atoms with van der Waals surface area (Å²) < 4.78 is 10.3. The van der Waals surface area contributed by atoms with Crippen molar-refractivity contribution < 1.29 is 24.0 Å². The number of hydrogen-bond acceptors (Lipinski definition) is 6. The van der Waals surface area contributed by atoms with E-state index < -0.39 is 23.8 Å². The first-order chi connectivity index (χ1) is 12.4. The smallest absolute Gasteiger partial charge is 0.320 e. The summed E-state index contributed by atoms with van der Waals surface area (Å²) in [4.78, 5) is 36.3. The van der Waals surface area contributed by atoms with Crippen molar-refractivity contribution >= 4 is 11.9 Å². The molecule has 0 aromatic carbocycles. The van der Waals surface area contributed by atoms with Gasteiger partial charge in [-0.05, 0) is 75.5 Å². The minimum absolute atomic E-state index is 0.140. The molecule has 0 amide bonds. The van der Waals surface area contributed by atoms with Crippen LogP contribution in [-0.2, 0) is 19.1 Å². The number of esters is 2. The lowest BCUT2D eigenvalue weighted by Crippen LogP contribution is -2.55. The molecule has 4 saturated carbocycles. The largest absolute Gasteiger partial charge is 0.465 e. The molecule has 7 heteroatoms. The van der Waals surface area contributed by atoms with Crippen molar-refractivity contribution in [3.05, 3.63) is 10.1 Å². The number of nitrogens with zero attached hydrogens (tertiary/aromatic N) is 1. The van der Waals surface area contributed by atoms with Gasteiger partial charge in [0.2, 0.25) is 6.54 Å². The minimum atomic E-state index is -1.20. The molecule has 0 saturated heterocycles. The Hall–Kier alpha value is -1.66. The van der Waals surface area contributed by atoms with E-state index in [1.54, 1.807) is 13.8 Å². The summed E-state index contributed by atoms with van der Waals surface area (Å²) in [6.45, 7) is 3.25. The normalized spacial score (nSPS) is 33.1. The van der Waals surface area contributed by atoms with Gasteiger partial charge in [0, 0.05) is 4.92 Å². The molecular weight excluding hydrogens is 338 g/mol. The summed E-state index contributed by atoms with van der Waals surface area (Å²) in [6, 6.07) is 0. The molecule has 4 fully saturated rings. The van der Waals surface area contributed by atoms with Crippen molar-refractivity contribution in [2.24, 2.45) is 35.0 Å². The maximum atomic E-state index is 12.6. The first-order valence-electron chi connectivity index (χ1n) is 9.83. The summed E-state index contributed by atoms with van der Waals surface area (Å²) in [6.07, 6.45) is 6.21. The maximum Gasteiger partial charge on any atom is 0.320 e. The Morgan fingerprint density at radius 1 is 1.00 bits per heavy atom. The third-order valence-electron chi connectivity index (χ3n) is 6.70. The van der Waals surface area contributed by atoms with Crippen molar-refractivity contribution in [2.45, 2.75) is 52.4 Å². The number of ether oxygens (including phenoxy) is 2. The molecule has 1 atom stereocenters. The number of nitro groups is 1. The SMILES string of the molecule is CCOC(=O)C(C(=O)OCC)[C@@H](C[N+](=O)[O-])C12CC3CC(CC(C3)C1)C2. The van der Waals surface area contributed by atoms with Crippen molar-refractivity contribution in [3.63, 3.8) is 0 Å². The van der Waals surface area contributed by atoms with E-state index in [4.69, 9.17) is 9.47 Å². The van der Waals surface area contributed by atoms with Gasteiger partial charge in [0.25, 0.3) is 0 Å². The van der Waals surface area contributed by atoms with Crippen LogP contribution in [0.25, 0.3) is 0 Å². The zero-order valence-corrected chi connectivity index (χ0v) is 15.6. The van der Waals surface area contributed by atoms with Gasteiger partial charge in [-0.3, -0.25) is 19.7 Å². The third kappa shape index (κ3) is 3.58. The standard InChI is InChI=1S/C19H29NO6/c1-3-25-17(21)16(18(22)26-4-2)15(11-20(23)24)19-8-12-5-13(9-19)7-14(6-12)10-19/h12-16H,3-11H2,1-2H3/t12?,13?,14?,15-,19?/m1/s1. The Balaban J connectivity index is 1.95. The molecule has 0 aliphatic heterocycles. The average molecular weight is 367 g/mol. The highest BCUT2D eigenvalue weighted by Gasteiger charge is 2.59. The molecular formula is C19H29NO6. The molecule has 0 unspecified atom stereocenters.